The molecule has 0 unspecified atom stereocenters. The lowest BCUT2D eigenvalue weighted by Crippen LogP contribution is -2.35. The first-order valence-corrected chi connectivity index (χ1v) is 8.99. The Balaban J connectivity index is 1.76. The van der Waals surface area contributed by atoms with Gasteiger partial charge in [0.05, 0.1) is 0 Å². The zero-order chi connectivity index (χ0) is 16.7. The molecule has 1 aliphatic heterocycles. The van der Waals surface area contributed by atoms with Crippen molar-refractivity contribution in [3.8, 4) is 0 Å². The Morgan fingerprint density at radius 1 is 1.17 bits per heavy atom. The molecular weight excluding hydrogens is 286 g/mol. The van der Waals surface area contributed by atoms with Gasteiger partial charge in [0.2, 0.25) is 5.91 Å². The summed E-state index contributed by atoms with van der Waals surface area (Å²) in [5.74, 6) is 0.948. The van der Waals surface area contributed by atoms with Gasteiger partial charge in [0.1, 0.15) is 0 Å². The number of nitrogens with zero attached hydrogens (tertiary/aromatic N) is 2. The van der Waals surface area contributed by atoms with Crippen LogP contribution in [0.3, 0.4) is 0 Å². The molecule has 1 aromatic carbocycles. The van der Waals surface area contributed by atoms with Crippen molar-refractivity contribution in [1.82, 2.24) is 4.90 Å². The van der Waals surface area contributed by atoms with Crippen molar-refractivity contribution in [1.29, 1.82) is 0 Å². The summed E-state index contributed by atoms with van der Waals surface area (Å²) in [5, 5.41) is 3.01. The molecule has 128 valence electrons. The Hall–Kier alpha value is -1.55. The normalized spacial score (nSPS) is 16.3. The molecule has 0 radical (unpaired) electrons. The quantitative estimate of drug-likeness (QED) is 0.835. The third-order valence-corrected chi connectivity index (χ3v) is 4.81. The number of hydrogen-bond donors (Lipinski definition) is 1. The molecule has 0 bridgehead atoms. The van der Waals surface area contributed by atoms with Gasteiger partial charge in [0, 0.05) is 37.4 Å². The number of amides is 1. The summed E-state index contributed by atoms with van der Waals surface area (Å²) in [6.07, 6.45) is 3.09. The SMILES string of the molecule is CCN(CC)c1ccc(NC(=O)CCN2CCC(C)CC2)cc1. The van der Waals surface area contributed by atoms with Gasteiger partial charge in [-0.15, -0.1) is 0 Å². The molecular formula is C19H31N3O. The van der Waals surface area contributed by atoms with E-state index in [4.69, 9.17) is 0 Å². The smallest absolute Gasteiger partial charge is 0.225 e. The molecule has 4 nitrogen and oxygen atoms in total. The van der Waals surface area contributed by atoms with Crippen LogP contribution < -0.4 is 10.2 Å². The molecule has 23 heavy (non-hydrogen) atoms. The van der Waals surface area contributed by atoms with Gasteiger partial charge in [-0.2, -0.15) is 0 Å². The predicted molar refractivity (Wildman–Crippen MR) is 98.1 cm³/mol. The molecule has 0 spiro atoms. The number of rotatable bonds is 7. The van der Waals surface area contributed by atoms with Gasteiger partial charge in [0.25, 0.3) is 0 Å². The standard InChI is InChI=1S/C19H31N3O/c1-4-22(5-2)18-8-6-17(7-9-18)20-19(23)12-15-21-13-10-16(3)11-14-21/h6-9,16H,4-5,10-15H2,1-3H3,(H,20,23). The first kappa shape index (κ1) is 17.8. The number of nitrogens with one attached hydrogen (secondary N) is 1. The molecule has 1 saturated heterocycles. The fraction of sp³-hybridized carbons (Fsp3) is 0.632. The van der Waals surface area contributed by atoms with Crippen molar-refractivity contribution >= 4 is 17.3 Å². The molecule has 1 aromatic rings. The summed E-state index contributed by atoms with van der Waals surface area (Å²) in [5.41, 5.74) is 2.09. The van der Waals surface area contributed by atoms with E-state index in [9.17, 15) is 4.79 Å². The highest BCUT2D eigenvalue weighted by atomic mass is 16.1. The molecule has 1 N–H and O–H groups in total. The number of anilines is 2. The molecule has 1 amide bonds. The Bertz CT molecular complexity index is 474. The summed E-state index contributed by atoms with van der Waals surface area (Å²) in [7, 11) is 0. The van der Waals surface area contributed by atoms with E-state index in [2.05, 4.69) is 48.0 Å². The zero-order valence-electron chi connectivity index (χ0n) is 14.8. The van der Waals surface area contributed by atoms with Crippen LogP contribution in [0.5, 0.6) is 0 Å². The maximum Gasteiger partial charge on any atom is 0.225 e. The Kier molecular flexibility index (Phi) is 6.90. The van der Waals surface area contributed by atoms with Gasteiger partial charge in [0.15, 0.2) is 0 Å². The average Bonchev–Trinajstić information content (AvgIpc) is 2.57. The van der Waals surface area contributed by atoms with Crippen LogP contribution in [0, 0.1) is 5.92 Å². The maximum absolute atomic E-state index is 12.1. The van der Waals surface area contributed by atoms with Crippen molar-refractivity contribution in [2.75, 3.05) is 42.9 Å². The van der Waals surface area contributed by atoms with Crippen LogP contribution in [-0.4, -0.2) is 43.5 Å². The first-order chi connectivity index (χ1) is 11.1. The van der Waals surface area contributed by atoms with Gasteiger partial charge < -0.3 is 15.1 Å². The highest BCUT2D eigenvalue weighted by Crippen LogP contribution is 2.18. The van der Waals surface area contributed by atoms with Crippen LogP contribution in [0.2, 0.25) is 0 Å². The number of benzene rings is 1. The predicted octanol–water partition coefficient (Wildman–Crippen LogP) is 3.59. The van der Waals surface area contributed by atoms with Gasteiger partial charge in [-0.05, 0) is 70.0 Å². The topological polar surface area (TPSA) is 35.6 Å². The van der Waals surface area contributed by atoms with Gasteiger partial charge >= 0.3 is 0 Å². The Labute approximate surface area is 140 Å². The molecule has 0 aliphatic carbocycles. The van der Waals surface area contributed by atoms with Gasteiger partial charge in [-0.25, -0.2) is 0 Å². The van der Waals surface area contributed by atoms with Crippen LogP contribution in [0.1, 0.15) is 40.0 Å². The minimum atomic E-state index is 0.110. The molecule has 1 heterocycles. The monoisotopic (exact) mass is 317 g/mol. The van der Waals surface area contributed by atoms with Gasteiger partial charge in [-0.3, -0.25) is 4.79 Å². The zero-order valence-corrected chi connectivity index (χ0v) is 14.8. The molecule has 0 aromatic heterocycles. The van der Waals surface area contributed by atoms with E-state index < -0.39 is 0 Å². The molecule has 0 saturated carbocycles. The Morgan fingerprint density at radius 3 is 2.35 bits per heavy atom. The lowest BCUT2D eigenvalue weighted by atomic mass is 9.99. The lowest BCUT2D eigenvalue weighted by molar-refractivity contribution is -0.116. The minimum Gasteiger partial charge on any atom is -0.372 e. The van der Waals surface area contributed by atoms with Crippen LogP contribution in [-0.2, 0) is 4.79 Å². The van der Waals surface area contributed by atoms with Gasteiger partial charge in [-0.1, -0.05) is 6.92 Å². The fourth-order valence-electron chi connectivity index (χ4n) is 3.11. The average molecular weight is 317 g/mol. The van der Waals surface area contributed by atoms with E-state index in [1.54, 1.807) is 0 Å². The summed E-state index contributed by atoms with van der Waals surface area (Å²) in [6.45, 7) is 11.7. The lowest BCUT2D eigenvalue weighted by Gasteiger charge is -2.29. The molecule has 1 aliphatic rings. The second-order valence-electron chi connectivity index (χ2n) is 6.54. The molecule has 0 atom stereocenters. The summed E-state index contributed by atoms with van der Waals surface area (Å²) in [4.78, 5) is 16.8. The number of likely N-dealkylation sites (tertiary alicyclic amines) is 1. The van der Waals surface area contributed by atoms with E-state index in [0.717, 1.165) is 44.3 Å². The van der Waals surface area contributed by atoms with E-state index in [1.807, 2.05) is 12.1 Å². The van der Waals surface area contributed by atoms with E-state index >= 15 is 0 Å². The highest BCUT2D eigenvalue weighted by molar-refractivity contribution is 5.91. The Morgan fingerprint density at radius 2 is 1.78 bits per heavy atom. The molecule has 1 fully saturated rings. The largest absolute Gasteiger partial charge is 0.372 e. The van der Waals surface area contributed by atoms with E-state index in [0.29, 0.717) is 6.42 Å². The number of carbonyl (C=O) groups is 1. The maximum atomic E-state index is 12.1. The van der Waals surface area contributed by atoms with Crippen molar-refractivity contribution in [2.45, 2.75) is 40.0 Å². The highest BCUT2D eigenvalue weighted by Gasteiger charge is 2.16. The molecule has 4 heteroatoms. The van der Waals surface area contributed by atoms with Crippen LogP contribution in [0.4, 0.5) is 11.4 Å². The third kappa shape index (κ3) is 5.54. The third-order valence-electron chi connectivity index (χ3n) is 4.81. The second-order valence-corrected chi connectivity index (χ2v) is 6.54. The number of carbonyl (C=O) groups excluding carboxylic acids is 1. The van der Waals surface area contributed by atoms with E-state index in [-0.39, 0.29) is 5.91 Å². The minimum absolute atomic E-state index is 0.110. The van der Waals surface area contributed by atoms with E-state index in [1.165, 1.54) is 18.5 Å². The van der Waals surface area contributed by atoms with Crippen molar-refractivity contribution in [3.63, 3.8) is 0 Å². The second kappa shape index (κ2) is 8.92. The van der Waals surface area contributed by atoms with Crippen LogP contribution >= 0.6 is 0 Å². The van der Waals surface area contributed by atoms with Crippen molar-refractivity contribution < 1.29 is 4.79 Å². The van der Waals surface area contributed by atoms with Crippen LogP contribution in [0.25, 0.3) is 0 Å². The number of piperidine rings is 1. The first-order valence-electron chi connectivity index (χ1n) is 8.99. The fourth-order valence-corrected chi connectivity index (χ4v) is 3.11. The summed E-state index contributed by atoms with van der Waals surface area (Å²) in [6, 6.07) is 8.14. The van der Waals surface area contributed by atoms with Crippen LogP contribution in [0.15, 0.2) is 24.3 Å². The number of hydrogen-bond acceptors (Lipinski definition) is 3. The summed E-state index contributed by atoms with van der Waals surface area (Å²) >= 11 is 0. The van der Waals surface area contributed by atoms with Crippen molar-refractivity contribution in [2.24, 2.45) is 5.92 Å². The molecule has 2 rings (SSSR count). The van der Waals surface area contributed by atoms with Crippen molar-refractivity contribution in [3.05, 3.63) is 24.3 Å². The summed E-state index contributed by atoms with van der Waals surface area (Å²) < 4.78 is 0.